The average molecular weight is 690 g/mol. The summed E-state index contributed by atoms with van der Waals surface area (Å²) in [7, 11) is 0. The van der Waals surface area contributed by atoms with E-state index in [4.69, 9.17) is 0 Å². The molecule has 2 bridgehead atoms. The minimum absolute atomic E-state index is 0.112. The van der Waals surface area contributed by atoms with Crippen molar-refractivity contribution in [3.8, 4) is 33.4 Å². The SMILES string of the molecule is CC1(C)c2ccccc2-c2cc(-c3ccccc3-c3ccccc3)c(N(c3ccc(C4CC5CCC4C5)cc3)c3cccc(C4CCCCC4)c3)cc21. The number of benzene rings is 6. The van der Waals surface area contributed by atoms with Crippen LogP contribution in [-0.2, 0) is 5.41 Å². The van der Waals surface area contributed by atoms with Crippen molar-refractivity contribution in [3.05, 3.63) is 162 Å². The fourth-order valence-electron chi connectivity index (χ4n) is 11.0. The van der Waals surface area contributed by atoms with Gasteiger partial charge in [0, 0.05) is 22.4 Å². The molecule has 3 atom stereocenters. The minimum atomic E-state index is -0.112. The van der Waals surface area contributed by atoms with Gasteiger partial charge in [-0.3, -0.25) is 0 Å². The summed E-state index contributed by atoms with van der Waals surface area (Å²) >= 11 is 0. The quantitative estimate of drug-likeness (QED) is 0.161. The van der Waals surface area contributed by atoms with Crippen molar-refractivity contribution in [2.75, 3.05) is 4.90 Å². The average Bonchev–Trinajstić information content (AvgIpc) is 3.92. The van der Waals surface area contributed by atoms with E-state index in [-0.39, 0.29) is 5.41 Å². The first-order valence-corrected chi connectivity index (χ1v) is 20.5. The summed E-state index contributed by atoms with van der Waals surface area (Å²) in [5.74, 6) is 3.17. The Labute approximate surface area is 316 Å². The summed E-state index contributed by atoms with van der Waals surface area (Å²) < 4.78 is 0. The Bertz CT molecular complexity index is 2270. The van der Waals surface area contributed by atoms with E-state index >= 15 is 0 Å². The lowest BCUT2D eigenvalue weighted by molar-refractivity contribution is 0.420. The van der Waals surface area contributed by atoms with E-state index in [0.29, 0.717) is 5.92 Å². The largest absolute Gasteiger partial charge is 0.310 e. The first-order valence-electron chi connectivity index (χ1n) is 20.5. The number of hydrogen-bond donors (Lipinski definition) is 0. The highest BCUT2D eigenvalue weighted by atomic mass is 15.1. The van der Waals surface area contributed by atoms with Crippen LogP contribution < -0.4 is 4.90 Å². The molecule has 0 aromatic heterocycles. The molecule has 3 unspecified atom stereocenters. The molecule has 0 spiro atoms. The fraction of sp³-hybridized carbons (Fsp3) is 0.308. The molecule has 53 heavy (non-hydrogen) atoms. The summed E-state index contributed by atoms with van der Waals surface area (Å²) in [6.07, 6.45) is 12.3. The van der Waals surface area contributed by atoms with Crippen molar-refractivity contribution in [3.63, 3.8) is 0 Å². The molecule has 1 nitrogen and oxygen atoms in total. The van der Waals surface area contributed by atoms with Gasteiger partial charge in [-0.05, 0) is 142 Å². The van der Waals surface area contributed by atoms with Crippen LogP contribution >= 0.6 is 0 Å². The molecule has 10 rings (SSSR count). The lowest BCUT2D eigenvalue weighted by Crippen LogP contribution is -2.17. The molecule has 1 heteroatoms. The van der Waals surface area contributed by atoms with Gasteiger partial charge in [-0.1, -0.05) is 143 Å². The van der Waals surface area contributed by atoms with Crippen LogP contribution in [0.1, 0.15) is 106 Å². The first kappa shape index (κ1) is 32.7. The zero-order valence-electron chi connectivity index (χ0n) is 31.4. The fourth-order valence-corrected chi connectivity index (χ4v) is 11.0. The highest BCUT2D eigenvalue weighted by Gasteiger charge is 2.40. The Hall–Kier alpha value is -4.88. The van der Waals surface area contributed by atoms with Crippen molar-refractivity contribution in [2.24, 2.45) is 11.8 Å². The summed E-state index contributed by atoms with van der Waals surface area (Å²) in [6.45, 7) is 4.83. The molecule has 4 aliphatic carbocycles. The maximum absolute atomic E-state index is 2.60. The van der Waals surface area contributed by atoms with E-state index in [1.807, 2.05) is 0 Å². The van der Waals surface area contributed by atoms with E-state index < -0.39 is 0 Å². The number of anilines is 3. The third kappa shape index (κ3) is 5.67. The minimum Gasteiger partial charge on any atom is -0.310 e. The van der Waals surface area contributed by atoms with E-state index in [2.05, 4.69) is 158 Å². The molecule has 264 valence electrons. The number of nitrogens with zero attached hydrogens (tertiary/aromatic N) is 1. The van der Waals surface area contributed by atoms with Crippen LogP contribution in [-0.4, -0.2) is 0 Å². The maximum atomic E-state index is 2.60. The van der Waals surface area contributed by atoms with Crippen LogP contribution in [0.4, 0.5) is 17.1 Å². The standard InChI is InChI=1S/C52H51N/c1-52(2)49-23-12-11-22-45(49)47-33-48(44-21-10-9-20-43(44)37-16-7-4-8-17-37)51(34-50(47)52)53(42-19-13-18-39(32-42)36-14-5-3-6-15-36)41-28-26-38(27-29-41)46-31-35-24-25-40(46)30-35/h4,7-13,16-23,26-29,32-36,40,46H,3,5-6,14-15,24-25,30-31H2,1-2H3. The molecule has 0 amide bonds. The van der Waals surface area contributed by atoms with Gasteiger partial charge in [-0.15, -0.1) is 0 Å². The van der Waals surface area contributed by atoms with E-state index in [0.717, 1.165) is 17.8 Å². The Morgan fingerprint density at radius 1 is 0.491 bits per heavy atom. The van der Waals surface area contributed by atoms with Gasteiger partial charge in [0.15, 0.2) is 0 Å². The van der Waals surface area contributed by atoms with Gasteiger partial charge in [0.1, 0.15) is 0 Å². The van der Waals surface area contributed by atoms with E-state index in [1.165, 1.54) is 130 Å². The smallest absolute Gasteiger partial charge is 0.0543 e. The Balaban J connectivity index is 1.21. The van der Waals surface area contributed by atoms with Crippen LogP contribution in [0.5, 0.6) is 0 Å². The van der Waals surface area contributed by atoms with Crippen molar-refractivity contribution >= 4 is 17.1 Å². The second-order valence-corrected chi connectivity index (χ2v) is 17.1. The van der Waals surface area contributed by atoms with Crippen LogP contribution in [0, 0.1) is 11.8 Å². The van der Waals surface area contributed by atoms with Gasteiger partial charge in [-0.25, -0.2) is 0 Å². The molecule has 0 radical (unpaired) electrons. The number of hydrogen-bond acceptors (Lipinski definition) is 1. The van der Waals surface area contributed by atoms with Crippen LogP contribution in [0.25, 0.3) is 33.4 Å². The molecule has 4 aliphatic rings. The first-order chi connectivity index (χ1) is 26.0. The van der Waals surface area contributed by atoms with Gasteiger partial charge in [0.25, 0.3) is 0 Å². The molecule has 0 heterocycles. The van der Waals surface area contributed by atoms with E-state index in [1.54, 1.807) is 0 Å². The van der Waals surface area contributed by atoms with Gasteiger partial charge in [0.2, 0.25) is 0 Å². The predicted octanol–water partition coefficient (Wildman–Crippen LogP) is 14.7. The van der Waals surface area contributed by atoms with Crippen molar-refractivity contribution < 1.29 is 0 Å². The lowest BCUT2D eigenvalue weighted by atomic mass is 9.81. The highest BCUT2D eigenvalue weighted by molar-refractivity contribution is 5.98. The molecular formula is C52H51N. The zero-order valence-corrected chi connectivity index (χ0v) is 31.4. The summed E-state index contributed by atoms with van der Waals surface area (Å²) in [5, 5.41) is 0. The molecule has 0 aliphatic heterocycles. The monoisotopic (exact) mass is 689 g/mol. The van der Waals surface area contributed by atoms with E-state index in [9.17, 15) is 0 Å². The molecule has 3 fully saturated rings. The number of rotatable bonds is 7. The molecule has 0 saturated heterocycles. The van der Waals surface area contributed by atoms with Crippen molar-refractivity contribution in [1.29, 1.82) is 0 Å². The molecule has 6 aromatic rings. The van der Waals surface area contributed by atoms with Gasteiger partial charge in [0.05, 0.1) is 5.69 Å². The summed E-state index contributed by atoms with van der Waals surface area (Å²) in [4.78, 5) is 2.60. The third-order valence-corrected chi connectivity index (χ3v) is 13.8. The van der Waals surface area contributed by atoms with Crippen LogP contribution in [0.2, 0.25) is 0 Å². The third-order valence-electron chi connectivity index (χ3n) is 13.8. The topological polar surface area (TPSA) is 3.24 Å². The highest BCUT2D eigenvalue weighted by Crippen LogP contribution is 2.56. The normalized spacial score (nSPS) is 21.4. The second kappa shape index (κ2) is 13.2. The Kier molecular flexibility index (Phi) is 8.16. The van der Waals surface area contributed by atoms with Gasteiger partial charge < -0.3 is 4.90 Å². The Morgan fingerprint density at radius 3 is 1.98 bits per heavy atom. The maximum Gasteiger partial charge on any atom is 0.0543 e. The number of fused-ring (bicyclic) bond motifs is 5. The van der Waals surface area contributed by atoms with Crippen LogP contribution in [0.15, 0.2) is 140 Å². The molecule has 6 aromatic carbocycles. The van der Waals surface area contributed by atoms with Gasteiger partial charge >= 0.3 is 0 Å². The summed E-state index contributed by atoms with van der Waals surface area (Å²) in [5.41, 5.74) is 17.3. The lowest BCUT2D eigenvalue weighted by Gasteiger charge is -2.32. The van der Waals surface area contributed by atoms with Crippen molar-refractivity contribution in [1.82, 2.24) is 0 Å². The molecule has 0 N–H and O–H groups in total. The second-order valence-electron chi connectivity index (χ2n) is 17.1. The van der Waals surface area contributed by atoms with Crippen LogP contribution in [0.3, 0.4) is 0 Å². The summed E-state index contributed by atoms with van der Waals surface area (Å²) in [6, 6.07) is 53.6. The van der Waals surface area contributed by atoms with Crippen molar-refractivity contribution in [2.45, 2.75) is 88.9 Å². The zero-order chi connectivity index (χ0) is 35.5. The van der Waals surface area contributed by atoms with Gasteiger partial charge in [-0.2, -0.15) is 0 Å². The molecular weight excluding hydrogens is 639 g/mol. The Morgan fingerprint density at radius 2 is 1.23 bits per heavy atom. The molecule has 3 saturated carbocycles. The predicted molar refractivity (Wildman–Crippen MR) is 224 cm³/mol.